The second kappa shape index (κ2) is 4.39. The molecule has 21 heavy (non-hydrogen) atoms. The third-order valence-corrected chi connectivity index (χ3v) is 4.81. The summed E-state index contributed by atoms with van der Waals surface area (Å²) >= 11 is 0. The summed E-state index contributed by atoms with van der Waals surface area (Å²) in [6.07, 6.45) is 0.595. The minimum atomic E-state index is -1.47. The molecule has 0 bridgehead atoms. The molecule has 1 aromatic rings. The lowest BCUT2D eigenvalue weighted by Gasteiger charge is -2.27. The first kappa shape index (κ1) is 13.0. The van der Waals surface area contributed by atoms with Crippen molar-refractivity contribution >= 4 is 5.71 Å². The average molecular weight is 297 g/mol. The number of hydroxylamine groups is 1. The van der Waals surface area contributed by atoms with Crippen molar-refractivity contribution in [3.8, 4) is 0 Å². The normalized spacial score (nSPS) is 33.1. The van der Waals surface area contributed by atoms with Crippen LogP contribution >= 0.6 is 0 Å². The van der Waals surface area contributed by atoms with Crippen LogP contribution in [0.3, 0.4) is 0 Å². The highest BCUT2D eigenvalue weighted by molar-refractivity contribution is 5.91. The van der Waals surface area contributed by atoms with Crippen molar-refractivity contribution in [3.63, 3.8) is 0 Å². The van der Waals surface area contributed by atoms with E-state index in [4.69, 9.17) is 4.74 Å². The maximum atomic E-state index is 12.6. The van der Waals surface area contributed by atoms with Crippen molar-refractivity contribution in [3.05, 3.63) is 21.8 Å². The maximum absolute atomic E-state index is 12.6. The van der Waals surface area contributed by atoms with Crippen LogP contribution in [0, 0.1) is 10.4 Å². The van der Waals surface area contributed by atoms with Crippen LogP contribution in [0.5, 0.6) is 0 Å². The summed E-state index contributed by atoms with van der Waals surface area (Å²) in [6.45, 7) is 2.70. The summed E-state index contributed by atoms with van der Waals surface area (Å²) in [4.78, 5) is 1.43. The first-order valence-corrected chi connectivity index (χ1v) is 7.17. The van der Waals surface area contributed by atoms with Gasteiger partial charge in [-0.15, -0.1) is 0 Å². The number of aliphatic hydroxyl groups is 1. The fourth-order valence-electron chi connectivity index (χ4n) is 3.71. The van der Waals surface area contributed by atoms with E-state index in [-0.39, 0.29) is 18.3 Å². The van der Waals surface area contributed by atoms with E-state index in [9.17, 15) is 15.5 Å². The molecule has 1 fully saturated rings. The van der Waals surface area contributed by atoms with E-state index in [0.717, 1.165) is 22.7 Å². The Kier molecular flexibility index (Phi) is 2.72. The van der Waals surface area contributed by atoms with Gasteiger partial charge in [-0.2, -0.15) is 4.74 Å². The molecule has 2 N–H and O–H groups in total. The van der Waals surface area contributed by atoms with Crippen molar-refractivity contribution < 1.29 is 29.0 Å². The highest BCUT2D eigenvalue weighted by Gasteiger charge is 2.62. The predicted molar refractivity (Wildman–Crippen MR) is 66.2 cm³/mol. The van der Waals surface area contributed by atoms with Gasteiger partial charge in [0.1, 0.15) is 19.5 Å². The number of quaternary nitrogens is 1. The molecule has 1 aromatic heterocycles. The molecular weight excluding hydrogens is 280 g/mol. The molecule has 114 valence electrons. The van der Waals surface area contributed by atoms with Crippen molar-refractivity contribution in [1.29, 1.82) is 0 Å². The molecule has 0 unspecified atom stereocenters. The molecule has 3 heterocycles. The Bertz CT molecular complexity index is 609. The Morgan fingerprint density at radius 3 is 2.81 bits per heavy atom. The van der Waals surface area contributed by atoms with E-state index in [1.54, 1.807) is 0 Å². The van der Waals surface area contributed by atoms with Gasteiger partial charge in [-0.05, 0) is 4.90 Å². The molecule has 0 aromatic carbocycles. The summed E-state index contributed by atoms with van der Waals surface area (Å²) in [5.41, 5.74) is -0.542. The van der Waals surface area contributed by atoms with Gasteiger partial charge in [-0.1, -0.05) is 0 Å². The van der Waals surface area contributed by atoms with Crippen LogP contribution in [0.25, 0.3) is 0 Å². The third-order valence-electron chi connectivity index (χ3n) is 4.81. The highest BCUT2D eigenvalue weighted by Crippen LogP contribution is 2.38. The molecule has 4 rings (SSSR count). The van der Waals surface area contributed by atoms with E-state index in [1.165, 1.54) is 0 Å². The molecule has 0 saturated carbocycles. The van der Waals surface area contributed by atoms with E-state index in [1.807, 2.05) is 0 Å². The lowest BCUT2D eigenvalue weighted by atomic mass is 9.82. The van der Waals surface area contributed by atoms with E-state index in [0.29, 0.717) is 42.4 Å². The zero-order valence-electron chi connectivity index (χ0n) is 11.4. The Hall–Kier alpha value is -1.71. The second-order valence-electron chi connectivity index (χ2n) is 5.85. The fourth-order valence-corrected chi connectivity index (χ4v) is 3.71. The van der Waals surface area contributed by atoms with Crippen molar-refractivity contribution in [2.75, 3.05) is 26.3 Å². The molecule has 9 heteroatoms. The Balaban J connectivity index is 1.72. The monoisotopic (exact) mass is 297 g/mol. The van der Waals surface area contributed by atoms with E-state index < -0.39 is 5.60 Å². The predicted octanol–water partition coefficient (Wildman–Crippen LogP) is -2.96. The topological polar surface area (TPSA) is 113 Å². The molecule has 2 atom stereocenters. The van der Waals surface area contributed by atoms with Gasteiger partial charge in [0.25, 0.3) is 11.9 Å². The third kappa shape index (κ3) is 1.71. The number of nitrogens with zero attached hydrogens (tertiary/aromatic N) is 3. The van der Waals surface area contributed by atoms with Gasteiger partial charge < -0.3 is 20.3 Å². The number of hydrogen-bond acceptors (Lipinski definition) is 6. The van der Waals surface area contributed by atoms with Crippen LogP contribution in [0.15, 0.2) is 4.63 Å². The van der Waals surface area contributed by atoms with E-state index >= 15 is 0 Å². The summed E-state index contributed by atoms with van der Waals surface area (Å²) < 4.78 is 10.8. The summed E-state index contributed by atoms with van der Waals surface area (Å²) in [7, 11) is 0. The molecule has 2 aliphatic heterocycles. The summed E-state index contributed by atoms with van der Waals surface area (Å²) in [6, 6.07) is 0. The van der Waals surface area contributed by atoms with Crippen LogP contribution in [-0.4, -0.2) is 53.2 Å². The van der Waals surface area contributed by atoms with Crippen LogP contribution in [0.2, 0.25) is 0 Å². The molecule has 0 radical (unpaired) electrons. The Morgan fingerprint density at radius 2 is 2.05 bits per heavy atom. The smallest absolute Gasteiger partial charge is 0.292 e. The van der Waals surface area contributed by atoms with Crippen molar-refractivity contribution in [1.82, 2.24) is 5.16 Å². The molecule has 0 spiro atoms. The molecule has 9 nitrogen and oxygen atoms in total. The quantitative estimate of drug-likeness (QED) is 0.423. The highest BCUT2D eigenvalue weighted by atomic mass is 16.8. The molecule has 1 saturated heterocycles. The van der Waals surface area contributed by atoms with Gasteiger partial charge >= 0.3 is 0 Å². The number of rotatable bonds is 1. The van der Waals surface area contributed by atoms with Crippen molar-refractivity contribution in [2.45, 2.75) is 31.0 Å². The number of hydrogen-bond donors (Lipinski definition) is 2. The zero-order valence-corrected chi connectivity index (χ0v) is 11.4. The van der Waals surface area contributed by atoms with E-state index in [2.05, 4.69) is 9.79 Å². The molecule has 1 aliphatic carbocycles. The molecular formula is C12H17N4O5+. The Labute approximate surface area is 120 Å². The summed E-state index contributed by atoms with van der Waals surface area (Å²) in [5.74, 6) is 0. The van der Waals surface area contributed by atoms with Crippen LogP contribution in [-0.2, 0) is 16.8 Å². The number of morpholine rings is 1. The molecule has 0 amide bonds. The first-order valence-electron chi connectivity index (χ1n) is 7.17. The standard InChI is InChI=1S/C12H16N4O5/c17-12-7-10(14-3-5-20-6-4-14)15(18)9(12)2-1-8-11(12)13-21-16(8)19/h10,17H,1-7H2/p+1/t10-,12-/m0/s1. The zero-order chi connectivity index (χ0) is 14.6. The fraction of sp³-hybridized carbons (Fsp3) is 0.750. The van der Waals surface area contributed by atoms with Gasteiger partial charge in [0, 0.05) is 18.0 Å². The van der Waals surface area contributed by atoms with Crippen LogP contribution in [0.4, 0.5) is 0 Å². The second-order valence-corrected chi connectivity index (χ2v) is 5.85. The van der Waals surface area contributed by atoms with Gasteiger partial charge in [0.15, 0.2) is 0 Å². The first-order chi connectivity index (χ1) is 10.1. The summed E-state index contributed by atoms with van der Waals surface area (Å²) in [5, 5.41) is 38.7. The van der Waals surface area contributed by atoms with Crippen molar-refractivity contribution in [2.24, 2.45) is 0 Å². The van der Waals surface area contributed by atoms with Gasteiger partial charge in [-0.3, -0.25) is 9.53 Å². The Morgan fingerprint density at radius 1 is 1.29 bits per heavy atom. The minimum Gasteiger partial charge on any atom is -0.619 e. The largest absolute Gasteiger partial charge is 0.619 e. The number of aromatic nitrogens is 2. The SMILES string of the molecule is [O-][N+]1=C2CCc3c(no[n+]3[O-])[C@]2(O)C[C@H]1[NH+]1CCOCC1. The number of nitrogens with one attached hydrogen (secondary N) is 1. The van der Waals surface area contributed by atoms with Crippen LogP contribution in [0.1, 0.15) is 24.2 Å². The number of ether oxygens (including phenoxy) is 1. The average Bonchev–Trinajstić information content (AvgIpc) is 3.00. The lowest BCUT2D eigenvalue weighted by Crippen LogP contribution is -3.18. The van der Waals surface area contributed by atoms with Crippen LogP contribution < -0.4 is 9.80 Å². The number of fused-ring (bicyclic) bond motifs is 3. The lowest BCUT2D eigenvalue weighted by molar-refractivity contribution is -1.01. The van der Waals surface area contributed by atoms with Gasteiger partial charge in [0.2, 0.25) is 17.0 Å². The maximum Gasteiger partial charge on any atom is 0.292 e. The minimum absolute atomic E-state index is 0.203. The van der Waals surface area contributed by atoms with Gasteiger partial charge in [0.05, 0.1) is 13.2 Å². The van der Waals surface area contributed by atoms with Gasteiger partial charge in [-0.25, -0.2) is 0 Å². The molecule has 3 aliphatic rings.